The Kier molecular flexibility index (Phi) is 8.19. The molecule has 1 saturated heterocycles. The number of carbonyl (C=O) groups is 2. The second kappa shape index (κ2) is 12.5. The second-order valence-electron chi connectivity index (χ2n) is 12.8. The summed E-state index contributed by atoms with van der Waals surface area (Å²) < 4.78 is 15.5. The fraction of sp³-hybridized carbons (Fsp3) is 0.389. The van der Waals surface area contributed by atoms with E-state index in [0.29, 0.717) is 48.1 Å². The van der Waals surface area contributed by atoms with Crippen LogP contribution in [0.15, 0.2) is 60.7 Å². The Bertz CT molecular complexity index is 1960. The van der Waals surface area contributed by atoms with E-state index < -0.39 is 0 Å². The normalized spacial score (nSPS) is 18.9. The Hall–Kier alpha value is -4.74. The molecule has 4 aromatic heterocycles. The van der Waals surface area contributed by atoms with E-state index in [1.54, 1.807) is 37.3 Å². The minimum atomic E-state index is -0.285. The molecular weight excluding hydrogens is 594 g/mol. The van der Waals surface area contributed by atoms with E-state index in [9.17, 15) is 9.59 Å². The molecule has 1 aliphatic carbocycles. The van der Waals surface area contributed by atoms with E-state index >= 15 is 0 Å². The second-order valence-corrected chi connectivity index (χ2v) is 12.8. The number of rotatable bonds is 9. The van der Waals surface area contributed by atoms with Crippen molar-refractivity contribution < 1.29 is 19.1 Å². The largest absolute Gasteiger partial charge is 0.482 e. The van der Waals surface area contributed by atoms with Gasteiger partial charge in [-0.05, 0) is 75.4 Å². The fourth-order valence-corrected chi connectivity index (χ4v) is 6.68. The molecule has 1 aliphatic heterocycles. The number of benzene rings is 1. The highest BCUT2D eigenvalue weighted by Crippen LogP contribution is 2.37. The Labute approximate surface area is 273 Å². The number of methoxy groups -OCH3 is 2. The molecule has 1 saturated carbocycles. The molecule has 11 heteroatoms. The van der Waals surface area contributed by atoms with Crippen molar-refractivity contribution in [1.29, 1.82) is 0 Å². The zero-order chi connectivity index (χ0) is 32.8. The van der Waals surface area contributed by atoms with Crippen LogP contribution in [0.25, 0.3) is 28.1 Å². The molecule has 0 bridgehead atoms. The van der Waals surface area contributed by atoms with Crippen LogP contribution in [0.4, 0.5) is 0 Å². The highest BCUT2D eigenvalue weighted by Gasteiger charge is 2.31. The van der Waals surface area contributed by atoms with Crippen LogP contribution in [0.5, 0.6) is 5.88 Å². The lowest BCUT2D eigenvalue weighted by atomic mass is 10.0. The number of fused-ring (bicyclic) bond motifs is 2. The molecule has 47 heavy (non-hydrogen) atoms. The molecule has 1 unspecified atom stereocenters. The van der Waals surface area contributed by atoms with E-state index in [1.165, 1.54) is 12.8 Å². The van der Waals surface area contributed by atoms with Crippen molar-refractivity contribution >= 4 is 28.5 Å². The number of nitrogens with one attached hydrogen (secondary N) is 1. The first kappa shape index (κ1) is 30.9. The summed E-state index contributed by atoms with van der Waals surface area (Å²) in [5.41, 5.74) is 12.4. The van der Waals surface area contributed by atoms with Gasteiger partial charge in [-0.15, -0.1) is 0 Å². The van der Waals surface area contributed by atoms with Gasteiger partial charge in [0.2, 0.25) is 0 Å². The number of aryl methyl sites for hydroxylation is 1. The molecular formula is C36H41N7O4. The number of pyridine rings is 2. The van der Waals surface area contributed by atoms with E-state index in [1.807, 2.05) is 48.6 Å². The van der Waals surface area contributed by atoms with Crippen LogP contribution in [0.3, 0.4) is 0 Å². The topological polar surface area (TPSA) is 129 Å². The van der Waals surface area contributed by atoms with Gasteiger partial charge >= 0.3 is 0 Å². The molecule has 2 aliphatic rings. The maximum Gasteiger partial charge on any atom is 0.254 e. The van der Waals surface area contributed by atoms with E-state index in [0.717, 1.165) is 40.4 Å². The van der Waals surface area contributed by atoms with Gasteiger partial charge in [0.1, 0.15) is 17.0 Å². The number of likely N-dealkylation sites (tertiary alicyclic amines) is 1. The van der Waals surface area contributed by atoms with Crippen molar-refractivity contribution in [3.05, 3.63) is 83.2 Å². The maximum absolute atomic E-state index is 13.6. The van der Waals surface area contributed by atoms with Crippen molar-refractivity contribution in [2.45, 2.75) is 57.8 Å². The van der Waals surface area contributed by atoms with Crippen LogP contribution in [0.1, 0.15) is 64.3 Å². The first-order valence-corrected chi connectivity index (χ1v) is 16.3. The van der Waals surface area contributed by atoms with Crippen molar-refractivity contribution in [2.24, 2.45) is 11.7 Å². The van der Waals surface area contributed by atoms with Gasteiger partial charge in [0.15, 0.2) is 5.88 Å². The summed E-state index contributed by atoms with van der Waals surface area (Å²) in [5, 5.41) is 4.09. The predicted octanol–water partition coefficient (Wildman–Crippen LogP) is 4.76. The third-order valence-electron chi connectivity index (χ3n) is 9.53. The molecule has 3 atom stereocenters. The van der Waals surface area contributed by atoms with Gasteiger partial charge in [0, 0.05) is 55.4 Å². The number of aromatic nitrogens is 4. The van der Waals surface area contributed by atoms with Crippen LogP contribution in [-0.2, 0) is 11.3 Å². The van der Waals surface area contributed by atoms with Crippen molar-refractivity contribution in [1.82, 2.24) is 29.2 Å². The van der Waals surface area contributed by atoms with Gasteiger partial charge in [-0.1, -0.05) is 18.2 Å². The van der Waals surface area contributed by atoms with Gasteiger partial charge in [-0.2, -0.15) is 0 Å². The first-order valence-electron chi connectivity index (χ1n) is 16.3. The Morgan fingerprint density at radius 1 is 1.02 bits per heavy atom. The highest BCUT2D eigenvalue weighted by molar-refractivity contribution is 5.96. The van der Waals surface area contributed by atoms with Crippen molar-refractivity contribution in [2.75, 3.05) is 27.3 Å². The zero-order valence-electron chi connectivity index (χ0n) is 27.3. The highest BCUT2D eigenvalue weighted by atomic mass is 16.5. The standard InChI is InChI=1S/C36H41N7O4/c1-21(38-35(44)24-8-6-5-7-9-24)28-13-12-25-16-29(42(34(25)39-28)19-23-10-11-23)33-22(2)43-31(40-33)17-26(18-32(43)47-4)36(45)41-15-14-30(46-3)27(37)20-41/h5-9,12-13,16-18,21,23,27,30H,10-11,14-15,19-20,37H2,1-4H3,(H,38,44)/t21-,27+,30?/m1/s1. The quantitative estimate of drug-likeness (QED) is 0.239. The third-order valence-corrected chi connectivity index (χ3v) is 9.53. The summed E-state index contributed by atoms with van der Waals surface area (Å²) in [6.45, 7) is 5.80. The number of carbonyl (C=O) groups excluding carboxylic acids is 2. The molecule has 2 fully saturated rings. The summed E-state index contributed by atoms with van der Waals surface area (Å²) in [5.74, 6) is 0.871. The van der Waals surface area contributed by atoms with Crippen LogP contribution < -0.4 is 15.8 Å². The lowest BCUT2D eigenvalue weighted by molar-refractivity contribution is 0.0227. The lowest BCUT2D eigenvalue weighted by Crippen LogP contribution is -2.53. The molecule has 1 aromatic carbocycles. The van der Waals surface area contributed by atoms with Gasteiger partial charge in [-0.25, -0.2) is 9.97 Å². The molecule has 3 N–H and O–H groups in total. The van der Waals surface area contributed by atoms with Crippen LogP contribution in [-0.4, -0.2) is 75.1 Å². The number of hydrogen-bond donors (Lipinski definition) is 2. The molecule has 7 rings (SSSR count). The minimum Gasteiger partial charge on any atom is -0.482 e. The van der Waals surface area contributed by atoms with Gasteiger partial charge in [0.25, 0.3) is 11.8 Å². The van der Waals surface area contributed by atoms with E-state index in [4.69, 9.17) is 25.2 Å². The predicted molar refractivity (Wildman–Crippen MR) is 180 cm³/mol. The summed E-state index contributed by atoms with van der Waals surface area (Å²) in [6.07, 6.45) is 2.99. The molecule has 244 valence electrons. The van der Waals surface area contributed by atoms with Crippen molar-refractivity contribution in [3.63, 3.8) is 0 Å². The van der Waals surface area contributed by atoms with Crippen LogP contribution >= 0.6 is 0 Å². The molecule has 5 heterocycles. The van der Waals surface area contributed by atoms with Crippen molar-refractivity contribution in [3.8, 4) is 17.3 Å². The first-order chi connectivity index (χ1) is 22.7. The van der Waals surface area contributed by atoms with Gasteiger partial charge < -0.3 is 30.0 Å². The summed E-state index contributed by atoms with van der Waals surface area (Å²) in [4.78, 5) is 38.5. The molecule has 5 aromatic rings. The van der Waals surface area contributed by atoms with Gasteiger partial charge in [-0.3, -0.25) is 14.0 Å². The lowest BCUT2D eigenvalue weighted by Gasteiger charge is -2.36. The SMILES string of the molecule is COc1cc(C(=O)N2CCC(OC)[C@@H](N)C2)cc2nc(-c3cc4ccc([C@@H](C)NC(=O)c5ccccc5)nc4n3CC3CC3)c(C)n12. The monoisotopic (exact) mass is 635 g/mol. The molecule has 11 nitrogen and oxygen atoms in total. The number of amides is 2. The Balaban J connectivity index is 1.25. The summed E-state index contributed by atoms with van der Waals surface area (Å²) in [6, 6.07) is 18.5. The number of ether oxygens (including phenoxy) is 2. The number of piperidine rings is 1. The molecule has 2 amide bonds. The number of hydrogen-bond acceptors (Lipinski definition) is 7. The number of nitrogens with zero attached hydrogens (tertiary/aromatic N) is 5. The zero-order valence-corrected chi connectivity index (χ0v) is 27.3. The Morgan fingerprint density at radius 2 is 1.81 bits per heavy atom. The smallest absolute Gasteiger partial charge is 0.254 e. The summed E-state index contributed by atoms with van der Waals surface area (Å²) >= 11 is 0. The van der Waals surface area contributed by atoms with Crippen LogP contribution in [0, 0.1) is 12.8 Å². The fourth-order valence-electron chi connectivity index (χ4n) is 6.68. The molecule has 0 radical (unpaired) electrons. The average molecular weight is 636 g/mol. The number of imidazole rings is 1. The third kappa shape index (κ3) is 5.85. The minimum absolute atomic E-state index is 0.0576. The van der Waals surface area contributed by atoms with E-state index in [-0.39, 0.29) is 30.0 Å². The summed E-state index contributed by atoms with van der Waals surface area (Å²) in [7, 11) is 3.26. The maximum atomic E-state index is 13.6. The van der Waals surface area contributed by atoms with Crippen LogP contribution in [0.2, 0.25) is 0 Å². The average Bonchev–Trinajstić information content (AvgIpc) is 3.76. The Morgan fingerprint density at radius 3 is 2.51 bits per heavy atom. The van der Waals surface area contributed by atoms with Gasteiger partial charge in [0.05, 0.1) is 36.3 Å². The number of nitrogens with two attached hydrogens (primary N) is 1. The molecule has 0 spiro atoms. The van der Waals surface area contributed by atoms with E-state index in [2.05, 4.69) is 22.0 Å².